The van der Waals surface area contributed by atoms with E-state index in [1.54, 1.807) is 18.1 Å². The molecule has 2 aromatic carbocycles. The van der Waals surface area contributed by atoms with E-state index in [0.29, 0.717) is 64.1 Å². The van der Waals surface area contributed by atoms with Crippen molar-refractivity contribution in [1.29, 1.82) is 0 Å². The van der Waals surface area contributed by atoms with Gasteiger partial charge in [-0.15, -0.1) is 20.7 Å². The van der Waals surface area contributed by atoms with E-state index in [4.69, 9.17) is 4.74 Å². The van der Waals surface area contributed by atoms with Crippen LogP contribution in [0.15, 0.2) is 72.9 Å². The van der Waals surface area contributed by atoms with Crippen LogP contribution in [0.1, 0.15) is 83.7 Å². The van der Waals surface area contributed by atoms with Crippen LogP contribution >= 0.6 is 43.3 Å². The Hall–Kier alpha value is -4.11. The van der Waals surface area contributed by atoms with Gasteiger partial charge < -0.3 is 24.6 Å². The number of alkyl halides is 3. The molecule has 71 heavy (non-hydrogen) atoms. The van der Waals surface area contributed by atoms with E-state index in [2.05, 4.69) is 103 Å². The number of nitrogens with one attached hydrogen (secondary N) is 2. The van der Waals surface area contributed by atoms with E-state index in [1.807, 2.05) is 50.1 Å². The number of nitrogens with zero attached hydrogens (tertiary/aromatic N) is 5. The second-order valence-corrected chi connectivity index (χ2v) is 25.6. The number of rotatable bonds is 12. The number of hydrazine groups is 1. The molecule has 16 heteroatoms. The first-order valence-electron chi connectivity index (χ1n) is 25.2. The summed E-state index contributed by atoms with van der Waals surface area (Å²) >= 11 is 2.11. The summed E-state index contributed by atoms with van der Waals surface area (Å²) < 4.78 is 23.6. The molecule has 6 heterocycles. The van der Waals surface area contributed by atoms with Crippen molar-refractivity contribution in [1.82, 2.24) is 35.1 Å². The van der Waals surface area contributed by atoms with Crippen LogP contribution in [0.3, 0.4) is 0 Å². The lowest BCUT2D eigenvalue weighted by Gasteiger charge is -2.42. The fourth-order valence-electron chi connectivity index (χ4n) is 11.1. The van der Waals surface area contributed by atoms with E-state index in [9.17, 15) is 28.7 Å². The Bertz CT molecular complexity index is 2680. The summed E-state index contributed by atoms with van der Waals surface area (Å²) in [5.74, 6) is -1.82. The van der Waals surface area contributed by atoms with Crippen LogP contribution in [0.5, 0.6) is 0 Å². The van der Waals surface area contributed by atoms with Gasteiger partial charge in [0, 0.05) is 82.8 Å². The summed E-state index contributed by atoms with van der Waals surface area (Å²) in [6.45, 7) is 14.7. The van der Waals surface area contributed by atoms with Gasteiger partial charge in [-0.2, -0.15) is 0 Å². The molecule has 0 radical (unpaired) electrons. The first-order valence-corrected chi connectivity index (χ1v) is 28.8. The fraction of sp³-hybridized carbons (Fsp3) is 0.527. The quantitative estimate of drug-likeness (QED) is 0.0420. The molecule has 4 aromatic rings. The van der Waals surface area contributed by atoms with Crippen molar-refractivity contribution in [2.24, 2.45) is 29.1 Å². The molecule has 6 bridgehead atoms. The minimum absolute atomic E-state index is 0.0494. The first kappa shape index (κ1) is 53.2. The van der Waals surface area contributed by atoms with E-state index >= 15 is 0 Å². The van der Waals surface area contributed by atoms with Crippen LogP contribution in [0.4, 0.5) is 4.39 Å². The molecule has 2 saturated heterocycles. The fourth-order valence-corrected chi connectivity index (χ4v) is 14.7. The highest BCUT2D eigenvalue weighted by molar-refractivity contribution is 14.2. The largest absolute Gasteiger partial charge is 0.465 e. The maximum Gasteiger partial charge on any atom is 0.311 e. The number of likely N-dealkylation sites (N-methyl/N-ethyl adjacent to an activating group) is 1. The second-order valence-electron chi connectivity index (χ2n) is 21.0. The van der Waals surface area contributed by atoms with Gasteiger partial charge in [0.1, 0.15) is 6.67 Å². The second kappa shape index (κ2) is 22.6. The number of fused-ring (bicyclic) bond motifs is 7. The molecule has 382 valence electrons. The number of likely N-dealkylation sites (tertiary alicyclic amines) is 1. The number of piperidine rings is 1. The minimum Gasteiger partial charge on any atom is -0.465 e. The van der Waals surface area contributed by atoms with Gasteiger partial charge in [-0.25, -0.2) is 9.82 Å². The number of ether oxygens (including phenoxy) is 1. The Kier molecular flexibility index (Phi) is 16.9. The van der Waals surface area contributed by atoms with Crippen LogP contribution in [0.2, 0.25) is 0 Å². The molecule has 7 atom stereocenters. The van der Waals surface area contributed by atoms with Gasteiger partial charge in [-0.3, -0.25) is 34.1 Å². The molecular formula is C55H70FI2N7O6. The summed E-state index contributed by atoms with van der Waals surface area (Å²) in [4.78, 5) is 65.1. The molecule has 2 aromatic heterocycles. The number of amides is 3. The van der Waals surface area contributed by atoms with Crippen molar-refractivity contribution < 1.29 is 33.4 Å². The number of aliphatic hydroxyl groups is 1. The van der Waals surface area contributed by atoms with E-state index in [1.165, 1.54) is 12.2 Å². The maximum atomic E-state index is 14.9. The topological polar surface area (TPSA) is 149 Å². The van der Waals surface area contributed by atoms with Gasteiger partial charge in [-0.05, 0) is 116 Å². The molecule has 3 amide bonds. The van der Waals surface area contributed by atoms with Gasteiger partial charge in [0.15, 0.2) is 0 Å². The molecule has 2 fully saturated rings. The predicted octanol–water partition coefficient (Wildman–Crippen LogP) is 8.20. The Morgan fingerprint density at radius 3 is 2.61 bits per heavy atom. The monoisotopic (exact) mass is 1200 g/mol. The van der Waals surface area contributed by atoms with Crippen molar-refractivity contribution in [2.45, 2.75) is 99.8 Å². The first-order chi connectivity index (χ1) is 33.9. The third-order valence-corrected chi connectivity index (χ3v) is 19.6. The number of esters is 1. The molecular weight excluding hydrogens is 1130 g/mol. The summed E-state index contributed by atoms with van der Waals surface area (Å²) in [7, 11) is 1.98. The summed E-state index contributed by atoms with van der Waals surface area (Å²) in [6.07, 6.45) is 6.45. The smallest absolute Gasteiger partial charge is 0.311 e. The molecule has 1 spiro atoms. The number of hydrogen-bond acceptors (Lipinski definition) is 9. The molecule has 4 aliphatic rings. The van der Waals surface area contributed by atoms with Crippen LogP contribution < -0.4 is 10.7 Å². The molecule has 13 nitrogen and oxygen atoms in total. The lowest BCUT2D eigenvalue weighted by molar-refractivity contribution is -0.152. The number of hydrogen-bond donors (Lipinski definition) is 3. The van der Waals surface area contributed by atoms with Crippen LogP contribution in [-0.4, -0.2) is 124 Å². The number of cyclic esters (lactones) is 1. The molecule has 0 aliphatic carbocycles. The lowest BCUT2D eigenvalue weighted by Crippen LogP contribution is -2.56. The third-order valence-electron chi connectivity index (χ3n) is 14.8. The number of carbonyl (C=O) groups excluding carboxylic acids is 4. The molecule has 0 saturated carbocycles. The molecule has 3 N–H and O–H groups in total. The number of aromatic nitrogens is 2. The van der Waals surface area contributed by atoms with Crippen molar-refractivity contribution in [2.75, 3.05) is 53.1 Å². The van der Waals surface area contributed by atoms with Gasteiger partial charge in [0.2, 0.25) is 17.7 Å². The van der Waals surface area contributed by atoms with Crippen LogP contribution in [0, 0.1) is 29.1 Å². The third kappa shape index (κ3) is 11.8. The maximum absolute atomic E-state index is 14.9. The van der Waals surface area contributed by atoms with Crippen LogP contribution in [-0.2, 0) is 43.3 Å². The number of halogens is 3. The van der Waals surface area contributed by atoms with E-state index in [0.717, 1.165) is 50.8 Å². The average molecular weight is 1200 g/mol. The zero-order valence-corrected chi connectivity index (χ0v) is 46.4. The van der Waals surface area contributed by atoms with Gasteiger partial charge in [-0.1, -0.05) is 80.6 Å². The number of aryl methyl sites for hydroxylation is 1. The summed E-state index contributed by atoms with van der Waals surface area (Å²) in [5, 5.41) is 16.9. The highest BCUT2D eigenvalue weighted by Crippen LogP contribution is 2.50. The van der Waals surface area contributed by atoms with Gasteiger partial charge in [0.05, 0.1) is 46.0 Å². The Balaban J connectivity index is 1.12. The van der Waals surface area contributed by atoms with Crippen molar-refractivity contribution in [3.05, 3.63) is 89.8 Å². The predicted molar refractivity (Wildman–Crippen MR) is 295 cm³/mol. The Morgan fingerprint density at radius 1 is 1.11 bits per heavy atom. The Labute approximate surface area is 441 Å². The number of pyridine rings is 1. The molecule has 8 rings (SSSR count). The SMILES string of the molecule is CCn1c(-c2cccnc2[C@H](C)O)c2c3cc(ccc31)-c1cccc(c1)CC(CNC(=O)[C@H](C(C)C)N(C)C[C@@H]1CN(C(=O)/C=C/CF)CCC13C=I3)C(=O)N1CCC[C@@H](C(=O)OCC(C)(C)C2)C(I)N1. The highest BCUT2D eigenvalue weighted by Gasteiger charge is 2.49. The standard InChI is InChI=1S/C55H70FI2N7O6/c1-8-64-45-19-18-38-27-43(45)44(49(64)41-15-11-22-59-47(41)35(4)66)28-54(5,6)33-71-53(70)42-16-12-23-65(61-50(42)57)52(69)39(26-36-13-9-14-37(38)25-36)29-60-51(68)48(34(2)3)62(7)30-40-31-63(46(67)17-10-21-56)24-20-55(40)32-58-55/h9-11,13-15,17-19,22,25,27,32,34-35,39-40,42,48,50,61,66H,8,12,16,20-21,23-24,26,28-31,33H2,1-7H3,(H,60,68)/b17-10+/t35-,39?,40+,42+,48-,50?,55?/m0/s1. The lowest BCUT2D eigenvalue weighted by atomic mass is 9.84. The average Bonchev–Trinajstić information content (AvgIpc) is 4.10. The summed E-state index contributed by atoms with van der Waals surface area (Å²) in [6, 6.07) is 18.3. The Morgan fingerprint density at radius 2 is 1.89 bits per heavy atom. The summed E-state index contributed by atoms with van der Waals surface area (Å²) in [5.41, 5.74) is 10.4. The zero-order valence-electron chi connectivity index (χ0n) is 42.1. The van der Waals surface area contributed by atoms with E-state index in [-0.39, 0.29) is 72.8 Å². The number of aliphatic hydroxyl groups excluding tert-OH is 1. The number of allylic oxidation sites excluding steroid dienone is 1. The number of benzene rings is 2. The van der Waals surface area contributed by atoms with Gasteiger partial charge >= 0.3 is 5.97 Å². The highest BCUT2D eigenvalue weighted by atomic mass is 127. The normalized spacial score (nSPS) is 24.7. The van der Waals surface area contributed by atoms with Gasteiger partial charge in [0.25, 0.3) is 0 Å². The molecule has 4 aliphatic heterocycles. The van der Waals surface area contributed by atoms with Crippen molar-refractivity contribution in [3.63, 3.8) is 0 Å². The van der Waals surface area contributed by atoms with Crippen molar-refractivity contribution in [3.8, 4) is 22.4 Å². The number of carbonyl (C=O) groups is 4. The van der Waals surface area contributed by atoms with Crippen molar-refractivity contribution >= 4 is 81.9 Å². The van der Waals surface area contributed by atoms with Crippen LogP contribution in [0.25, 0.3) is 33.3 Å². The van der Waals surface area contributed by atoms with E-state index < -0.39 is 40.1 Å². The zero-order chi connectivity index (χ0) is 50.8. The molecule has 3 unspecified atom stereocenters. The minimum atomic E-state index is -0.796.